The summed E-state index contributed by atoms with van der Waals surface area (Å²) >= 11 is 3.38. The molecule has 2 N–H and O–H groups in total. The van der Waals surface area contributed by atoms with Crippen molar-refractivity contribution in [1.29, 1.82) is 0 Å². The van der Waals surface area contributed by atoms with Gasteiger partial charge in [0.15, 0.2) is 6.10 Å². The van der Waals surface area contributed by atoms with Crippen LogP contribution in [0.2, 0.25) is 0 Å². The number of ether oxygens (including phenoxy) is 2. The maximum atomic E-state index is 13.8. The lowest BCUT2D eigenvalue weighted by atomic mass is 9.95. The molecule has 2 aliphatic rings. The molecular weight excluding hydrogens is 515 g/mol. The van der Waals surface area contributed by atoms with Crippen LogP contribution in [0, 0.1) is 5.82 Å². The van der Waals surface area contributed by atoms with Gasteiger partial charge in [0.05, 0.1) is 18.8 Å². The maximum absolute atomic E-state index is 13.8. The summed E-state index contributed by atoms with van der Waals surface area (Å²) in [5.74, 6) is -1.79. The van der Waals surface area contributed by atoms with Gasteiger partial charge in [0.25, 0.3) is 0 Å². The van der Waals surface area contributed by atoms with E-state index < -0.39 is 29.9 Å². The van der Waals surface area contributed by atoms with Gasteiger partial charge < -0.3 is 19.9 Å². The molecule has 0 radical (unpaired) electrons. The van der Waals surface area contributed by atoms with E-state index in [0.717, 1.165) is 0 Å². The van der Waals surface area contributed by atoms with Crippen molar-refractivity contribution >= 4 is 33.8 Å². The van der Waals surface area contributed by atoms with Gasteiger partial charge in [-0.3, -0.25) is 4.90 Å². The Morgan fingerprint density at radius 2 is 2.24 bits per heavy atom. The number of aliphatic imine (C=N–C) groups is 1. The number of nitrogens with one attached hydrogen (secondary N) is 1. The fraction of sp³-hybridized carbons (Fsp3) is 0.381. The second-order valence-corrected chi connectivity index (χ2v) is 8.39. The van der Waals surface area contributed by atoms with E-state index in [1.54, 1.807) is 13.0 Å². The highest BCUT2D eigenvalue weighted by Gasteiger charge is 2.35. The predicted molar refractivity (Wildman–Crippen MR) is 120 cm³/mol. The van der Waals surface area contributed by atoms with Crippen molar-refractivity contribution in [3.8, 4) is 0 Å². The number of carboxylic acids is 1. The summed E-state index contributed by atoms with van der Waals surface area (Å²) in [7, 11) is 0. The highest BCUT2D eigenvalue weighted by atomic mass is 79.9. The summed E-state index contributed by atoms with van der Waals surface area (Å²) in [6, 6.07) is 3.28. The Kier molecular flexibility index (Phi) is 7.34. The van der Waals surface area contributed by atoms with Crippen LogP contribution >= 0.6 is 15.9 Å². The normalized spacial score (nSPS) is 21.1. The highest BCUT2D eigenvalue weighted by Crippen LogP contribution is 2.36. The van der Waals surface area contributed by atoms with E-state index in [1.807, 2.05) is 4.90 Å². The van der Waals surface area contributed by atoms with Gasteiger partial charge in [-0.05, 0) is 24.6 Å². The number of esters is 1. The van der Waals surface area contributed by atoms with E-state index in [-0.39, 0.29) is 31.9 Å². The Labute approximate surface area is 202 Å². The third kappa shape index (κ3) is 5.16. The number of halogens is 2. The quantitative estimate of drug-likeness (QED) is 0.524. The molecule has 0 aliphatic carbocycles. The molecule has 13 heteroatoms. The fourth-order valence-electron chi connectivity index (χ4n) is 3.76. The molecule has 2 atom stereocenters. The van der Waals surface area contributed by atoms with Gasteiger partial charge in [-0.2, -0.15) is 9.78 Å². The molecule has 2 unspecified atom stereocenters. The summed E-state index contributed by atoms with van der Waals surface area (Å²) in [6.45, 7) is 2.87. The number of hydrogen-bond donors (Lipinski definition) is 2. The van der Waals surface area contributed by atoms with Crippen LogP contribution in [0.15, 0.2) is 51.6 Å². The average molecular weight is 537 g/mol. The summed E-state index contributed by atoms with van der Waals surface area (Å²) < 4.78 is 26.3. The van der Waals surface area contributed by atoms with E-state index in [4.69, 9.17) is 9.47 Å². The lowest BCUT2D eigenvalue weighted by molar-refractivity contribution is -0.155. The second-order valence-electron chi connectivity index (χ2n) is 7.53. The zero-order chi connectivity index (χ0) is 24.2. The van der Waals surface area contributed by atoms with Crippen LogP contribution in [0.25, 0.3) is 0 Å². The highest BCUT2D eigenvalue weighted by molar-refractivity contribution is 9.10. The van der Waals surface area contributed by atoms with Crippen molar-refractivity contribution in [1.82, 2.24) is 25.0 Å². The first-order valence-corrected chi connectivity index (χ1v) is 11.3. The minimum atomic E-state index is -1.06. The number of aliphatic carboxylic acids is 1. The van der Waals surface area contributed by atoms with Crippen LogP contribution < -0.4 is 5.32 Å². The molecule has 4 rings (SSSR count). The largest absolute Gasteiger partial charge is 0.479 e. The van der Waals surface area contributed by atoms with Crippen LogP contribution in [0.4, 0.5) is 4.39 Å². The Morgan fingerprint density at radius 3 is 2.91 bits per heavy atom. The smallest absolute Gasteiger partial charge is 0.338 e. The van der Waals surface area contributed by atoms with E-state index in [2.05, 4.69) is 36.3 Å². The number of aromatic nitrogens is 3. The van der Waals surface area contributed by atoms with Gasteiger partial charge in [0.2, 0.25) is 5.96 Å². The number of nitrogens with zero attached hydrogens (tertiary/aromatic N) is 5. The van der Waals surface area contributed by atoms with Gasteiger partial charge in [-0.1, -0.05) is 22.0 Å². The van der Waals surface area contributed by atoms with Crippen molar-refractivity contribution in [3.63, 3.8) is 0 Å². The first-order chi connectivity index (χ1) is 16.4. The monoisotopic (exact) mass is 536 g/mol. The van der Waals surface area contributed by atoms with Crippen LogP contribution in [-0.4, -0.2) is 81.6 Å². The molecule has 1 saturated heterocycles. The number of carbonyl (C=O) groups excluding carboxylic acids is 1. The Bertz CT molecular complexity index is 1140. The van der Waals surface area contributed by atoms with Crippen LogP contribution in [0.3, 0.4) is 0 Å². The van der Waals surface area contributed by atoms with E-state index >= 15 is 0 Å². The fourth-order valence-corrected chi connectivity index (χ4v) is 4.32. The summed E-state index contributed by atoms with van der Waals surface area (Å²) in [4.78, 5) is 35.0. The first kappa shape index (κ1) is 24.0. The number of carbonyl (C=O) groups is 2. The molecule has 1 fully saturated rings. The van der Waals surface area contributed by atoms with E-state index in [1.165, 1.54) is 29.5 Å². The van der Waals surface area contributed by atoms with E-state index in [9.17, 15) is 19.1 Å². The zero-order valence-corrected chi connectivity index (χ0v) is 19.7. The minimum absolute atomic E-state index is 0.136. The molecule has 3 heterocycles. The summed E-state index contributed by atoms with van der Waals surface area (Å²) in [5, 5.41) is 16.6. The molecule has 0 spiro atoms. The minimum Gasteiger partial charge on any atom is -0.479 e. The summed E-state index contributed by atoms with van der Waals surface area (Å²) in [6.07, 6.45) is 1.82. The molecule has 0 saturated carbocycles. The standard InChI is InChI=1S/C21H22BrFN6O5/c1-2-33-20(32)17-15(8-28-5-6-34-16(9-28)19(30)31)26-21(29-11-24-10-25-29)27-18(17)13-4-3-12(23)7-14(13)22/h3-4,7,10-11,16,18H,2,5-6,8-9H2,1H3,(H,26,27)(H,30,31). The van der Waals surface area contributed by atoms with Gasteiger partial charge in [-0.15, -0.1) is 0 Å². The average Bonchev–Trinajstić information content (AvgIpc) is 3.34. The molecule has 2 aliphatic heterocycles. The molecule has 0 bridgehead atoms. The SMILES string of the molecule is CCOC(=O)C1=C(CN2CCOC(C(=O)O)C2)NC(n2cncn2)=NC1c1ccc(F)cc1Br. The van der Waals surface area contributed by atoms with Crippen molar-refractivity contribution in [2.24, 2.45) is 4.99 Å². The van der Waals surface area contributed by atoms with Crippen molar-refractivity contribution in [2.45, 2.75) is 19.1 Å². The number of morpholine rings is 1. The maximum Gasteiger partial charge on any atom is 0.338 e. The molecule has 2 aromatic rings. The molecule has 34 heavy (non-hydrogen) atoms. The van der Waals surface area contributed by atoms with Crippen molar-refractivity contribution in [3.05, 3.63) is 58.0 Å². The molecule has 1 aromatic carbocycles. The van der Waals surface area contributed by atoms with Gasteiger partial charge in [0.1, 0.15) is 24.5 Å². The number of hydrogen-bond acceptors (Lipinski definition) is 9. The van der Waals surface area contributed by atoms with Gasteiger partial charge in [-0.25, -0.2) is 24.0 Å². The molecule has 0 amide bonds. The Hall–Kier alpha value is -3.16. The van der Waals surface area contributed by atoms with Crippen molar-refractivity contribution in [2.75, 3.05) is 32.8 Å². The number of carboxylic acid groups (broad SMARTS) is 1. The third-order valence-electron chi connectivity index (χ3n) is 5.31. The van der Waals surface area contributed by atoms with E-state index in [0.29, 0.717) is 28.2 Å². The topological polar surface area (TPSA) is 131 Å². The molecule has 11 nitrogen and oxygen atoms in total. The van der Waals surface area contributed by atoms with Crippen molar-refractivity contribution < 1.29 is 28.6 Å². The Balaban J connectivity index is 1.79. The zero-order valence-electron chi connectivity index (χ0n) is 18.1. The number of rotatable bonds is 6. The Morgan fingerprint density at radius 1 is 1.41 bits per heavy atom. The lowest BCUT2D eigenvalue weighted by Gasteiger charge is -2.34. The summed E-state index contributed by atoms with van der Waals surface area (Å²) in [5.41, 5.74) is 1.24. The predicted octanol–water partition coefficient (Wildman–Crippen LogP) is 1.33. The molecular formula is C21H22BrFN6O5. The third-order valence-corrected chi connectivity index (χ3v) is 6.00. The second kappa shape index (κ2) is 10.4. The molecule has 180 valence electrons. The first-order valence-electron chi connectivity index (χ1n) is 10.5. The number of benzene rings is 1. The van der Waals surface area contributed by atoms with Gasteiger partial charge in [0, 0.05) is 29.8 Å². The lowest BCUT2D eigenvalue weighted by Crippen LogP contribution is -2.49. The molecule has 1 aromatic heterocycles. The van der Waals surface area contributed by atoms with Gasteiger partial charge >= 0.3 is 11.9 Å². The van der Waals surface area contributed by atoms with Crippen LogP contribution in [-0.2, 0) is 19.1 Å². The van der Waals surface area contributed by atoms with Crippen LogP contribution in [0.1, 0.15) is 18.5 Å². The van der Waals surface area contributed by atoms with Crippen LogP contribution in [0.5, 0.6) is 0 Å².